The van der Waals surface area contributed by atoms with Crippen molar-refractivity contribution in [3.8, 4) is 11.8 Å². The highest BCUT2D eigenvalue weighted by Crippen LogP contribution is 2.50. The summed E-state index contributed by atoms with van der Waals surface area (Å²) < 4.78 is 19.5. The molecule has 0 aliphatic heterocycles. The lowest BCUT2D eigenvalue weighted by molar-refractivity contribution is -0.153. The van der Waals surface area contributed by atoms with Crippen molar-refractivity contribution < 1.29 is 13.9 Å². The SMILES string of the molecule is C=C[C@H]1CC[C@H](C2(C(=O)Oc3ccc(C#N)c(F)c3)CCCCC2)CC1. The maximum atomic E-state index is 13.9. The van der Waals surface area contributed by atoms with Gasteiger partial charge in [-0.3, -0.25) is 4.79 Å². The number of allylic oxidation sites excluding steroid dienone is 1. The number of rotatable bonds is 4. The molecule has 2 aliphatic carbocycles. The molecule has 1 aromatic rings. The molecule has 2 aliphatic rings. The Bertz CT molecular complexity index is 707. The molecular formula is C22H26FNO2. The number of benzene rings is 1. The van der Waals surface area contributed by atoms with Gasteiger partial charge in [0.25, 0.3) is 0 Å². The highest BCUT2D eigenvalue weighted by Gasteiger charge is 2.48. The molecule has 26 heavy (non-hydrogen) atoms. The molecule has 0 heterocycles. The van der Waals surface area contributed by atoms with Gasteiger partial charge >= 0.3 is 5.97 Å². The van der Waals surface area contributed by atoms with Crippen LogP contribution in [-0.4, -0.2) is 5.97 Å². The van der Waals surface area contributed by atoms with Gasteiger partial charge in [0.1, 0.15) is 17.6 Å². The molecule has 0 atom stereocenters. The van der Waals surface area contributed by atoms with Crippen LogP contribution >= 0.6 is 0 Å². The van der Waals surface area contributed by atoms with Crippen LogP contribution in [-0.2, 0) is 4.79 Å². The minimum atomic E-state index is -0.651. The number of carbonyl (C=O) groups excluding carboxylic acids is 1. The van der Waals surface area contributed by atoms with Crippen LogP contribution in [0.3, 0.4) is 0 Å². The van der Waals surface area contributed by atoms with E-state index in [1.54, 1.807) is 6.07 Å². The lowest BCUT2D eigenvalue weighted by atomic mass is 9.60. The minimum absolute atomic E-state index is 0.0417. The fraction of sp³-hybridized carbons (Fsp3) is 0.545. The van der Waals surface area contributed by atoms with Gasteiger partial charge in [0.2, 0.25) is 0 Å². The third-order valence-electron chi connectivity index (χ3n) is 6.31. The summed E-state index contributed by atoms with van der Waals surface area (Å²) in [6, 6.07) is 5.79. The molecule has 0 spiro atoms. The van der Waals surface area contributed by atoms with Crippen molar-refractivity contribution in [2.24, 2.45) is 17.3 Å². The van der Waals surface area contributed by atoms with Gasteiger partial charge < -0.3 is 4.74 Å². The quantitative estimate of drug-likeness (QED) is 0.404. The fourth-order valence-electron chi connectivity index (χ4n) is 4.73. The zero-order chi connectivity index (χ0) is 18.6. The molecule has 0 N–H and O–H groups in total. The summed E-state index contributed by atoms with van der Waals surface area (Å²) >= 11 is 0. The van der Waals surface area contributed by atoms with Gasteiger partial charge in [-0.15, -0.1) is 6.58 Å². The minimum Gasteiger partial charge on any atom is -0.426 e. The van der Waals surface area contributed by atoms with Gasteiger partial charge in [0.15, 0.2) is 0 Å². The molecule has 1 aromatic carbocycles. The molecule has 4 heteroatoms. The molecule has 0 saturated heterocycles. The molecule has 0 aromatic heterocycles. The van der Waals surface area contributed by atoms with Crippen LogP contribution in [0, 0.1) is 34.4 Å². The zero-order valence-electron chi connectivity index (χ0n) is 15.2. The van der Waals surface area contributed by atoms with Crippen molar-refractivity contribution in [2.45, 2.75) is 57.8 Å². The van der Waals surface area contributed by atoms with Gasteiger partial charge in [0.05, 0.1) is 11.0 Å². The van der Waals surface area contributed by atoms with Crippen LogP contribution in [0.1, 0.15) is 63.4 Å². The van der Waals surface area contributed by atoms with Gasteiger partial charge in [0, 0.05) is 6.07 Å². The largest absolute Gasteiger partial charge is 0.426 e. The monoisotopic (exact) mass is 355 g/mol. The van der Waals surface area contributed by atoms with E-state index < -0.39 is 11.2 Å². The van der Waals surface area contributed by atoms with E-state index in [4.69, 9.17) is 10.00 Å². The number of nitrogens with zero attached hydrogens (tertiary/aromatic N) is 1. The lowest BCUT2D eigenvalue weighted by Crippen LogP contribution is -2.44. The zero-order valence-corrected chi connectivity index (χ0v) is 15.2. The van der Waals surface area contributed by atoms with E-state index in [9.17, 15) is 9.18 Å². The number of ether oxygens (including phenoxy) is 1. The first kappa shape index (κ1) is 18.6. The molecule has 0 radical (unpaired) electrons. The van der Waals surface area contributed by atoms with Crippen LogP contribution in [0.2, 0.25) is 0 Å². The third kappa shape index (κ3) is 3.67. The van der Waals surface area contributed by atoms with E-state index in [0.717, 1.165) is 63.9 Å². The highest BCUT2D eigenvalue weighted by atomic mass is 19.1. The van der Waals surface area contributed by atoms with Gasteiger partial charge in [-0.05, 0) is 62.5 Å². The van der Waals surface area contributed by atoms with E-state index in [-0.39, 0.29) is 17.3 Å². The Balaban J connectivity index is 1.79. The summed E-state index contributed by atoms with van der Waals surface area (Å²) in [5.41, 5.74) is -0.491. The Labute approximate surface area is 154 Å². The van der Waals surface area contributed by atoms with Crippen LogP contribution < -0.4 is 4.74 Å². The first-order valence-electron chi connectivity index (χ1n) is 9.63. The molecule has 0 bridgehead atoms. The number of hydrogen-bond donors (Lipinski definition) is 0. The number of esters is 1. The summed E-state index contributed by atoms with van der Waals surface area (Å²) in [6.07, 6.45) is 11.2. The van der Waals surface area contributed by atoms with Gasteiger partial charge in [-0.2, -0.15) is 5.26 Å². The lowest BCUT2D eigenvalue weighted by Gasteiger charge is -2.44. The van der Waals surface area contributed by atoms with Crippen molar-refractivity contribution in [1.29, 1.82) is 5.26 Å². The third-order valence-corrected chi connectivity index (χ3v) is 6.31. The average Bonchev–Trinajstić information content (AvgIpc) is 2.68. The highest BCUT2D eigenvalue weighted by molar-refractivity contribution is 5.79. The fourth-order valence-corrected chi connectivity index (χ4v) is 4.73. The summed E-state index contributed by atoms with van der Waals surface area (Å²) in [7, 11) is 0. The molecule has 2 saturated carbocycles. The second kappa shape index (κ2) is 8.03. The topological polar surface area (TPSA) is 50.1 Å². The number of nitriles is 1. The van der Waals surface area contributed by atoms with E-state index in [0.29, 0.717) is 11.8 Å². The van der Waals surface area contributed by atoms with E-state index in [1.807, 2.05) is 6.08 Å². The molecule has 2 fully saturated rings. The van der Waals surface area contributed by atoms with E-state index in [1.165, 1.54) is 12.1 Å². The van der Waals surface area contributed by atoms with Gasteiger partial charge in [-0.25, -0.2) is 4.39 Å². The number of hydrogen-bond acceptors (Lipinski definition) is 3. The Morgan fingerprint density at radius 3 is 2.50 bits per heavy atom. The van der Waals surface area contributed by atoms with Crippen LogP contribution in [0.25, 0.3) is 0 Å². The Hall–Kier alpha value is -2.15. The summed E-state index contributed by atoms with van der Waals surface area (Å²) in [4.78, 5) is 13.2. The Morgan fingerprint density at radius 2 is 1.92 bits per heavy atom. The Kier molecular flexibility index (Phi) is 5.76. The predicted molar refractivity (Wildman–Crippen MR) is 97.9 cm³/mol. The first-order chi connectivity index (χ1) is 12.6. The normalized spacial score (nSPS) is 25.1. The molecular weight excluding hydrogens is 329 g/mol. The van der Waals surface area contributed by atoms with Crippen molar-refractivity contribution >= 4 is 5.97 Å². The standard InChI is InChI=1S/C22H26FNO2/c1-2-16-6-9-18(10-7-16)22(12-4-3-5-13-22)21(25)26-19-11-8-17(15-24)20(23)14-19/h2,8,11,14,16,18H,1,3-7,9-10,12-13H2/t16-,18-. The van der Waals surface area contributed by atoms with Crippen LogP contribution in [0.4, 0.5) is 4.39 Å². The molecule has 3 rings (SSSR count). The van der Waals surface area contributed by atoms with E-state index >= 15 is 0 Å². The number of carbonyl (C=O) groups is 1. The van der Waals surface area contributed by atoms with Crippen LogP contribution in [0.15, 0.2) is 30.9 Å². The number of halogens is 1. The molecule has 3 nitrogen and oxygen atoms in total. The summed E-state index contributed by atoms with van der Waals surface area (Å²) in [6.45, 7) is 3.90. The Morgan fingerprint density at radius 1 is 1.23 bits per heavy atom. The summed E-state index contributed by atoms with van der Waals surface area (Å²) in [5, 5.41) is 8.84. The summed E-state index contributed by atoms with van der Waals surface area (Å²) in [5.74, 6) is 0.201. The maximum absolute atomic E-state index is 13.9. The maximum Gasteiger partial charge on any atom is 0.317 e. The van der Waals surface area contributed by atoms with Crippen molar-refractivity contribution in [3.05, 3.63) is 42.2 Å². The van der Waals surface area contributed by atoms with Crippen molar-refractivity contribution in [1.82, 2.24) is 0 Å². The molecule has 138 valence electrons. The first-order valence-corrected chi connectivity index (χ1v) is 9.63. The molecule has 0 amide bonds. The predicted octanol–water partition coefficient (Wildman–Crippen LogP) is 5.55. The van der Waals surface area contributed by atoms with E-state index in [2.05, 4.69) is 6.58 Å². The smallest absolute Gasteiger partial charge is 0.317 e. The van der Waals surface area contributed by atoms with Crippen molar-refractivity contribution in [3.63, 3.8) is 0 Å². The van der Waals surface area contributed by atoms with Crippen LogP contribution in [0.5, 0.6) is 5.75 Å². The second-order valence-electron chi connectivity index (χ2n) is 7.71. The molecule has 0 unspecified atom stereocenters. The second-order valence-corrected chi connectivity index (χ2v) is 7.71. The van der Waals surface area contributed by atoms with Gasteiger partial charge in [-0.1, -0.05) is 25.3 Å². The average molecular weight is 355 g/mol. The van der Waals surface area contributed by atoms with Crippen molar-refractivity contribution in [2.75, 3.05) is 0 Å².